The molecule has 2 heteroatoms. The van der Waals surface area contributed by atoms with E-state index in [9.17, 15) is 5.11 Å². The summed E-state index contributed by atoms with van der Waals surface area (Å²) in [5.41, 5.74) is 0. The van der Waals surface area contributed by atoms with Crippen LogP contribution in [0.2, 0.25) is 24.7 Å². The van der Waals surface area contributed by atoms with Gasteiger partial charge in [0, 0.05) is 0 Å². The van der Waals surface area contributed by atoms with Gasteiger partial charge in [-0.1, -0.05) is 38.9 Å². The van der Waals surface area contributed by atoms with Gasteiger partial charge in [-0.25, -0.2) is 0 Å². The molecule has 0 aromatic heterocycles. The van der Waals surface area contributed by atoms with Crippen LogP contribution in [0.25, 0.3) is 0 Å². The Morgan fingerprint density at radius 3 is 2.00 bits per heavy atom. The van der Waals surface area contributed by atoms with Crippen LogP contribution in [-0.4, -0.2) is 19.3 Å². The molecule has 1 atom stereocenters. The van der Waals surface area contributed by atoms with Crippen molar-refractivity contribution in [3.05, 3.63) is 0 Å². The Morgan fingerprint density at radius 1 is 1.07 bits per heavy atom. The fourth-order valence-electron chi connectivity index (χ4n) is 3.53. The maximum atomic E-state index is 10.6. The predicted octanol–water partition coefficient (Wildman–Crippen LogP) is 3.80. The molecule has 88 valence electrons. The topological polar surface area (TPSA) is 20.2 Å². The Kier molecular flexibility index (Phi) is 3.02. The lowest BCUT2D eigenvalue weighted by Crippen LogP contribution is -2.42. The molecule has 1 nitrogen and oxygen atoms in total. The maximum Gasteiger partial charge on any atom is 0.0600 e. The molecule has 2 aliphatic rings. The normalized spacial score (nSPS) is 28.8. The second-order valence-electron chi connectivity index (χ2n) is 6.75. The van der Waals surface area contributed by atoms with E-state index in [0.717, 1.165) is 0 Å². The zero-order valence-electron chi connectivity index (χ0n) is 10.6. The third kappa shape index (κ3) is 2.03. The Morgan fingerprint density at radius 2 is 1.60 bits per heavy atom. The van der Waals surface area contributed by atoms with Gasteiger partial charge in [-0.3, -0.25) is 0 Å². The quantitative estimate of drug-likeness (QED) is 0.726. The first-order valence-electron chi connectivity index (χ1n) is 6.65. The number of hydrogen-bond donors (Lipinski definition) is 1. The summed E-state index contributed by atoms with van der Waals surface area (Å²) in [5, 5.41) is 11.0. The van der Waals surface area contributed by atoms with Crippen LogP contribution in [0.4, 0.5) is 0 Å². The van der Waals surface area contributed by atoms with Crippen LogP contribution in [0.1, 0.15) is 44.9 Å². The van der Waals surface area contributed by atoms with Crippen molar-refractivity contribution in [2.45, 2.75) is 75.7 Å². The lowest BCUT2D eigenvalue weighted by molar-refractivity contribution is 0.0689. The van der Waals surface area contributed by atoms with Gasteiger partial charge in [-0.05, 0) is 36.6 Å². The number of hydrogen-bond acceptors (Lipinski definition) is 1. The van der Waals surface area contributed by atoms with E-state index in [0.29, 0.717) is 11.0 Å². The van der Waals surface area contributed by atoms with Gasteiger partial charge in [0.2, 0.25) is 0 Å². The van der Waals surface area contributed by atoms with Crippen molar-refractivity contribution < 1.29 is 5.11 Å². The minimum absolute atomic E-state index is 0.0319. The molecule has 2 saturated carbocycles. The summed E-state index contributed by atoms with van der Waals surface area (Å²) in [4.78, 5) is 0. The van der Waals surface area contributed by atoms with Gasteiger partial charge in [-0.15, -0.1) is 0 Å². The summed E-state index contributed by atoms with van der Waals surface area (Å²) >= 11 is 0. The van der Waals surface area contributed by atoms with Crippen LogP contribution in [0.15, 0.2) is 0 Å². The summed E-state index contributed by atoms with van der Waals surface area (Å²) in [6.45, 7) is 7.31. The van der Waals surface area contributed by atoms with E-state index >= 15 is 0 Å². The van der Waals surface area contributed by atoms with Crippen LogP contribution >= 0.6 is 0 Å². The zero-order valence-corrected chi connectivity index (χ0v) is 11.6. The van der Waals surface area contributed by atoms with Crippen LogP contribution < -0.4 is 0 Å². The van der Waals surface area contributed by atoms with Crippen molar-refractivity contribution in [2.24, 2.45) is 5.92 Å². The molecule has 0 heterocycles. The third-order valence-electron chi connectivity index (χ3n) is 4.94. The summed E-state index contributed by atoms with van der Waals surface area (Å²) in [6, 6.07) is 0. The van der Waals surface area contributed by atoms with E-state index in [4.69, 9.17) is 0 Å². The zero-order chi connectivity index (χ0) is 11.1. The molecule has 0 bridgehead atoms. The minimum Gasteiger partial charge on any atom is -0.393 e. The standard InChI is InChI=1S/C13H26OSi/c1-15(2,3)13(9-10-13)12(14)11-7-5-4-6-8-11/h11-12,14H,4-10H2,1-3H3. The largest absolute Gasteiger partial charge is 0.393 e. The average Bonchev–Trinajstić information content (AvgIpc) is 2.98. The van der Waals surface area contributed by atoms with Crippen molar-refractivity contribution in [1.82, 2.24) is 0 Å². The Balaban J connectivity index is 2.03. The van der Waals surface area contributed by atoms with Crippen LogP contribution in [0.5, 0.6) is 0 Å². The van der Waals surface area contributed by atoms with Gasteiger partial charge in [0.1, 0.15) is 0 Å². The fraction of sp³-hybridized carbons (Fsp3) is 1.00. The number of aliphatic hydroxyl groups is 1. The molecule has 2 fully saturated rings. The van der Waals surface area contributed by atoms with Gasteiger partial charge < -0.3 is 5.11 Å². The van der Waals surface area contributed by atoms with E-state index in [1.807, 2.05) is 0 Å². The first-order valence-corrected chi connectivity index (χ1v) is 10.2. The fourth-order valence-corrected chi connectivity index (χ4v) is 6.27. The number of aliphatic hydroxyl groups excluding tert-OH is 1. The predicted molar refractivity (Wildman–Crippen MR) is 67.9 cm³/mol. The number of rotatable bonds is 3. The van der Waals surface area contributed by atoms with Crippen molar-refractivity contribution in [1.29, 1.82) is 0 Å². The molecule has 15 heavy (non-hydrogen) atoms. The van der Waals surface area contributed by atoms with Crippen molar-refractivity contribution in [2.75, 3.05) is 0 Å². The van der Waals surface area contributed by atoms with Crippen molar-refractivity contribution in [3.8, 4) is 0 Å². The molecule has 2 rings (SSSR count). The molecule has 1 N–H and O–H groups in total. The first-order chi connectivity index (χ1) is 6.97. The Bertz CT molecular complexity index is 221. The van der Waals surface area contributed by atoms with E-state index in [1.165, 1.54) is 44.9 Å². The van der Waals surface area contributed by atoms with E-state index in [-0.39, 0.29) is 6.10 Å². The van der Waals surface area contributed by atoms with Crippen LogP contribution in [0, 0.1) is 5.92 Å². The molecule has 1 unspecified atom stereocenters. The molecule has 0 radical (unpaired) electrons. The molecule has 0 saturated heterocycles. The lowest BCUT2D eigenvalue weighted by atomic mass is 9.83. The summed E-state index contributed by atoms with van der Waals surface area (Å²) < 4.78 is 0. The highest BCUT2D eigenvalue weighted by atomic mass is 28.3. The molecule has 0 aliphatic heterocycles. The smallest absolute Gasteiger partial charge is 0.0600 e. The van der Waals surface area contributed by atoms with Gasteiger partial charge in [0.25, 0.3) is 0 Å². The molecule has 0 amide bonds. The monoisotopic (exact) mass is 226 g/mol. The molecule has 0 aromatic carbocycles. The van der Waals surface area contributed by atoms with Gasteiger partial charge >= 0.3 is 0 Å². The summed E-state index contributed by atoms with van der Waals surface area (Å²) in [6.07, 6.45) is 9.31. The van der Waals surface area contributed by atoms with Crippen LogP contribution in [-0.2, 0) is 0 Å². The van der Waals surface area contributed by atoms with Crippen molar-refractivity contribution >= 4 is 8.07 Å². The van der Waals surface area contributed by atoms with Gasteiger partial charge in [-0.2, -0.15) is 0 Å². The summed E-state index contributed by atoms with van der Waals surface area (Å²) in [7, 11) is -1.17. The molecule has 2 aliphatic carbocycles. The SMILES string of the molecule is C[Si](C)(C)C1(C(O)C2CCCCC2)CC1. The molecule has 0 aromatic rings. The first kappa shape index (κ1) is 11.7. The Labute approximate surface area is 95.3 Å². The molecule has 0 spiro atoms. The van der Waals surface area contributed by atoms with E-state index in [2.05, 4.69) is 19.6 Å². The third-order valence-corrected chi connectivity index (χ3v) is 8.73. The Hall–Kier alpha value is 0.177. The summed E-state index contributed by atoms with van der Waals surface area (Å²) in [5.74, 6) is 0.632. The molecular formula is C13H26OSi. The minimum atomic E-state index is -1.17. The average molecular weight is 226 g/mol. The lowest BCUT2D eigenvalue weighted by Gasteiger charge is -2.39. The highest BCUT2D eigenvalue weighted by molar-refractivity contribution is 6.80. The second kappa shape index (κ2) is 3.88. The van der Waals surface area contributed by atoms with Gasteiger partial charge in [0.05, 0.1) is 14.2 Å². The van der Waals surface area contributed by atoms with E-state index in [1.54, 1.807) is 0 Å². The maximum absolute atomic E-state index is 10.6. The van der Waals surface area contributed by atoms with Gasteiger partial charge in [0.15, 0.2) is 0 Å². The van der Waals surface area contributed by atoms with Crippen LogP contribution in [0.3, 0.4) is 0 Å². The van der Waals surface area contributed by atoms with Crippen molar-refractivity contribution in [3.63, 3.8) is 0 Å². The molecular weight excluding hydrogens is 200 g/mol. The van der Waals surface area contributed by atoms with E-state index < -0.39 is 8.07 Å². The second-order valence-corrected chi connectivity index (χ2v) is 12.2. The highest BCUT2D eigenvalue weighted by Crippen LogP contribution is 2.65. The highest BCUT2D eigenvalue weighted by Gasteiger charge is 2.58.